The number of aromatic nitrogens is 1. The summed E-state index contributed by atoms with van der Waals surface area (Å²) in [6.07, 6.45) is 6.75. The third-order valence-electron chi connectivity index (χ3n) is 1.30. The number of nitrogens with one attached hydrogen (secondary N) is 1. The van der Waals surface area contributed by atoms with Crippen molar-refractivity contribution in [3.63, 3.8) is 0 Å². The number of rotatable bonds is 3. The van der Waals surface area contributed by atoms with Gasteiger partial charge in [-0.1, -0.05) is 5.92 Å². The second-order valence-corrected chi connectivity index (χ2v) is 3.29. The molecule has 0 amide bonds. The molecule has 0 aliphatic heterocycles. The summed E-state index contributed by atoms with van der Waals surface area (Å²) in [7, 11) is 0. The molecule has 0 bridgehead atoms. The van der Waals surface area contributed by atoms with Crippen molar-refractivity contribution in [1.29, 1.82) is 0 Å². The molecule has 0 atom stereocenters. The van der Waals surface area contributed by atoms with Crippen molar-refractivity contribution >= 4 is 21.7 Å². The third kappa shape index (κ3) is 3.05. The Bertz CT molecular complexity index is 333. The normalized spacial score (nSPS) is 9.31. The molecule has 68 valence electrons. The number of halogens is 1. The van der Waals surface area contributed by atoms with E-state index in [0.717, 1.165) is 10.0 Å². The van der Waals surface area contributed by atoms with Crippen LogP contribution in [0.15, 0.2) is 16.7 Å². The quantitative estimate of drug-likeness (QED) is 0.500. The summed E-state index contributed by atoms with van der Waals surface area (Å²) in [5.41, 5.74) is 3.72. The van der Waals surface area contributed by atoms with E-state index in [-0.39, 0.29) is 6.61 Å². The fraction of sp³-hybridized carbons (Fsp3) is 0.222. The lowest BCUT2D eigenvalue weighted by molar-refractivity contribution is 0.232. The molecule has 1 aromatic rings. The lowest BCUT2D eigenvalue weighted by Gasteiger charge is -2.05. The lowest BCUT2D eigenvalue weighted by Crippen LogP contribution is -2.03. The van der Waals surface area contributed by atoms with Crippen LogP contribution in [0.25, 0.3) is 0 Å². The highest BCUT2D eigenvalue weighted by molar-refractivity contribution is 9.10. The maximum absolute atomic E-state index is 5.01. The summed E-state index contributed by atoms with van der Waals surface area (Å²) >= 11 is 3.34. The Balaban J connectivity index is 2.62. The van der Waals surface area contributed by atoms with Crippen LogP contribution in [0.2, 0.25) is 0 Å². The largest absolute Gasteiger partial charge is 0.262 e. The van der Waals surface area contributed by atoms with Crippen LogP contribution in [0.3, 0.4) is 0 Å². The standard InChI is InChI=1S/C9H9BrN2O/c1-3-4-13-12-9-8(10)5-7(2)6-11-9/h1,5-6H,4H2,2H3,(H,11,12). The van der Waals surface area contributed by atoms with Crippen molar-refractivity contribution in [2.45, 2.75) is 6.92 Å². The van der Waals surface area contributed by atoms with E-state index in [1.807, 2.05) is 13.0 Å². The van der Waals surface area contributed by atoms with E-state index < -0.39 is 0 Å². The number of terminal acetylenes is 1. The van der Waals surface area contributed by atoms with Crippen LogP contribution >= 0.6 is 15.9 Å². The Hall–Kier alpha value is -1.05. The zero-order valence-corrected chi connectivity index (χ0v) is 8.76. The van der Waals surface area contributed by atoms with Crippen LogP contribution in [0.4, 0.5) is 5.82 Å². The van der Waals surface area contributed by atoms with Crippen molar-refractivity contribution < 1.29 is 4.84 Å². The Labute approximate surface area is 85.6 Å². The topological polar surface area (TPSA) is 34.1 Å². The fourth-order valence-electron chi connectivity index (χ4n) is 0.755. The predicted molar refractivity (Wildman–Crippen MR) is 55.1 cm³/mol. The van der Waals surface area contributed by atoms with E-state index in [9.17, 15) is 0 Å². The zero-order chi connectivity index (χ0) is 9.68. The van der Waals surface area contributed by atoms with Crippen molar-refractivity contribution in [2.75, 3.05) is 12.1 Å². The first-order chi connectivity index (χ1) is 6.24. The smallest absolute Gasteiger partial charge is 0.164 e. The average molecular weight is 241 g/mol. The van der Waals surface area contributed by atoms with Crippen molar-refractivity contribution in [1.82, 2.24) is 4.98 Å². The van der Waals surface area contributed by atoms with E-state index in [1.54, 1.807) is 6.20 Å². The lowest BCUT2D eigenvalue weighted by atomic mass is 10.3. The Morgan fingerprint density at radius 3 is 3.15 bits per heavy atom. The summed E-state index contributed by atoms with van der Waals surface area (Å²) in [4.78, 5) is 9.01. The van der Waals surface area contributed by atoms with Gasteiger partial charge in [-0.25, -0.2) is 10.5 Å². The van der Waals surface area contributed by atoms with Gasteiger partial charge in [-0.15, -0.1) is 6.42 Å². The maximum atomic E-state index is 5.01. The first kappa shape index (κ1) is 10.0. The summed E-state index contributed by atoms with van der Waals surface area (Å²) in [5, 5.41) is 0. The number of hydrogen-bond donors (Lipinski definition) is 1. The highest BCUT2D eigenvalue weighted by Crippen LogP contribution is 2.20. The minimum Gasteiger partial charge on any atom is -0.262 e. The van der Waals surface area contributed by atoms with E-state index in [1.165, 1.54) is 0 Å². The molecule has 0 aliphatic rings. The zero-order valence-electron chi connectivity index (χ0n) is 7.17. The number of anilines is 1. The Kier molecular flexibility index (Phi) is 3.74. The van der Waals surface area contributed by atoms with Crippen molar-refractivity contribution in [2.24, 2.45) is 0 Å². The summed E-state index contributed by atoms with van der Waals surface area (Å²) in [6.45, 7) is 2.17. The molecule has 0 unspecified atom stereocenters. The highest BCUT2D eigenvalue weighted by Gasteiger charge is 1.99. The maximum Gasteiger partial charge on any atom is 0.164 e. The Morgan fingerprint density at radius 1 is 1.77 bits per heavy atom. The summed E-state index contributed by atoms with van der Waals surface area (Å²) < 4.78 is 0.851. The van der Waals surface area contributed by atoms with Crippen LogP contribution in [-0.4, -0.2) is 11.6 Å². The van der Waals surface area contributed by atoms with E-state index in [4.69, 9.17) is 11.3 Å². The minimum atomic E-state index is 0.210. The van der Waals surface area contributed by atoms with Crippen LogP contribution in [-0.2, 0) is 4.84 Å². The molecule has 0 aliphatic carbocycles. The van der Waals surface area contributed by atoms with E-state index in [0.29, 0.717) is 5.82 Å². The second-order valence-electron chi connectivity index (χ2n) is 2.44. The molecule has 0 spiro atoms. The fourth-order valence-corrected chi connectivity index (χ4v) is 1.30. The Morgan fingerprint density at radius 2 is 2.54 bits per heavy atom. The first-order valence-electron chi connectivity index (χ1n) is 3.67. The van der Waals surface area contributed by atoms with Gasteiger partial charge >= 0.3 is 0 Å². The SMILES string of the molecule is C#CCONc1ncc(C)cc1Br. The molecule has 1 heterocycles. The molecule has 0 aromatic carbocycles. The predicted octanol–water partition coefficient (Wildman–Crippen LogP) is 2.13. The molecule has 13 heavy (non-hydrogen) atoms. The molecule has 1 aromatic heterocycles. The summed E-state index contributed by atoms with van der Waals surface area (Å²) in [6, 6.07) is 1.94. The van der Waals surface area contributed by atoms with Gasteiger partial charge in [0, 0.05) is 6.20 Å². The van der Waals surface area contributed by atoms with Gasteiger partial charge < -0.3 is 0 Å². The molecule has 1 rings (SSSR count). The summed E-state index contributed by atoms with van der Waals surface area (Å²) in [5.74, 6) is 2.97. The van der Waals surface area contributed by atoms with Crippen LogP contribution in [0.5, 0.6) is 0 Å². The van der Waals surface area contributed by atoms with Gasteiger partial charge in [-0.2, -0.15) is 0 Å². The van der Waals surface area contributed by atoms with Crippen LogP contribution in [0, 0.1) is 19.3 Å². The minimum absolute atomic E-state index is 0.210. The number of nitrogens with zero attached hydrogens (tertiary/aromatic N) is 1. The molecular formula is C9H9BrN2O. The third-order valence-corrected chi connectivity index (χ3v) is 1.91. The van der Waals surface area contributed by atoms with E-state index >= 15 is 0 Å². The average Bonchev–Trinajstić information content (AvgIpc) is 2.09. The van der Waals surface area contributed by atoms with Gasteiger partial charge in [-0.05, 0) is 34.5 Å². The van der Waals surface area contributed by atoms with Crippen LogP contribution < -0.4 is 5.48 Å². The number of pyridine rings is 1. The molecule has 1 N–H and O–H groups in total. The van der Waals surface area contributed by atoms with Gasteiger partial charge in [0.05, 0.1) is 4.47 Å². The van der Waals surface area contributed by atoms with E-state index in [2.05, 4.69) is 32.3 Å². The highest BCUT2D eigenvalue weighted by atomic mass is 79.9. The van der Waals surface area contributed by atoms with Crippen molar-refractivity contribution in [3.8, 4) is 12.3 Å². The molecule has 0 saturated carbocycles. The number of hydrogen-bond acceptors (Lipinski definition) is 3. The molecule has 4 heteroatoms. The van der Waals surface area contributed by atoms with Crippen LogP contribution in [0.1, 0.15) is 5.56 Å². The van der Waals surface area contributed by atoms with Gasteiger partial charge in [0.1, 0.15) is 6.61 Å². The molecule has 3 nitrogen and oxygen atoms in total. The monoisotopic (exact) mass is 240 g/mol. The van der Waals surface area contributed by atoms with Crippen molar-refractivity contribution in [3.05, 3.63) is 22.3 Å². The molecule has 0 radical (unpaired) electrons. The molecule has 0 saturated heterocycles. The van der Waals surface area contributed by atoms with Gasteiger partial charge in [0.15, 0.2) is 5.82 Å². The first-order valence-corrected chi connectivity index (χ1v) is 4.46. The van der Waals surface area contributed by atoms with Gasteiger partial charge in [0.25, 0.3) is 0 Å². The van der Waals surface area contributed by atoms with Gasteiger partial charge in [0.2, 0.25) is 0 Å². The number of aryl methyl sites for hydroxylation is 1. The molecule has 0 fully saturated rings. The second kappa shape index (κ2) is 4.85. The molecular weight excluding hydrogens is 232 g/mol. The van der Waals surface area contributed by atoms with Gasteiger partial charge in [-0.3, -0.25) is 4.84 Å².